The highest BCUT2D eigenvalue weighted by atomic mass is 79.9. The Hall–Kier alpha value is -2.11. The van der Waals surface area contributed by atoms with Crippen LogP contribution in [0.2, 0.25) is 0 Å². The summed E-state index contributed by atoms with van der Waals surface area (Å²) in [6.07, 6.45) is -0.0317. The van der Waals surface area contributed by atoms with Crippen molar-refractivity contribution < 1.29 is 9.90 Å². The molecule has 0 bridgehead atoms. The molecule has 0 saturated carbocycles. The van der Waals surface area contributed by atoms with Crippen LogP contribution in [0.1, 0.15) is 16.8 Å². The summed E-state index contributed by atoms with van der Waals surface area (Å²) in [4.78, 5) is 14.1. The fourth-order valence-electron chi connectivity index (χ4n) is 3.59. The summed E-state index contributed by atoms with van der Waals surface area (Å²) < 4.78 is 2.55. The van der Waals surface area contributed by atoms with Crippen LogP contribution in [0.4, 0.5) is 4.79 Å². The molecule has 0 unspecified atom stereocenters. The lowest BCUT2D eigenvalue weighted by Gasteiger charge is -2.28. The number of benzene rings is 2. The van der Waals surface area contributed by atoms with Gasteiger partial charge in [-0.25, -0.2) is 9.36 Å². The van der Waals surface area contributed by atoms with Crippen molar-refractivity contribution in [1.29, 1.82) is 0 Å². The number of para-hydroxylation sites is 1. The normalized spacial score (nSPS) is 14.7. The maximum absolute atomic E-state index is 11.8. The summed E-state index contributed by atoms with van der Waals surface area (Å²) in [6, 6.07) is 16.0. The Labute approximate surface area is 148 Å². The predicted molar refractivity (Wildman–Crippen MR) is 97.3 cm³/mol. The fraction of sp³-hybridized carbons (Fsp3) is 0.211. The number of halogens is 1. The molecule has 0 aliphatic carbocycles. The first kappa shape index (κ1) is 15.4. The SMILES string of the molecule is O=C(O)n1c2c(c3ccccc31)CCN(Cc1ccccc1Br)C2. The Bertz CT molecular complexity index is 932. The summed E-state index contributed by atoms with van der Waals surface area (Å²) in [7, 11) is 0. The monoisotopic (exact) mass is 384 g/mol. The lowest BCUT2D eigenvalue weighted by Crippen LogP contribution is -2.32. The van der Waals surface area contributed by atoms with Gasteiger partial charge >= 0.3 is 6.09 Å². The van der Waals surface area contributed by atoms with Gasteiger partial charge in [0.15, 0.2) is 0 Å². The standard InChI is InChI=1S/C19H17BrN2O2/c20-16-7-3-1-5-13(16)11-21-10-9-15-14-6-2-4-8-17(14)22(19(23)24)18(15)12-21/h1-8H,9-12H2,(H,23,24). The van der Waals surface area contributed by atoms with Crippen LogP contribution in [0.5, 0.6) is 0 Å². The van der Waals surface area contributed by atoms with E-state index < -0.39 is 6.09 Å². The largest absolute Gasteiger partial charge is 0.464 e. The molecule has 1 aliphatic rings. The van der Waals surface area contributed by atoms with Gasteiger partial charge in [-0.3, -0.25) is 4.90 Å². The van der Waals surface area contributed by atoms with Crippen molar-refractivity contribution in [1.82, 2.24) is 9.47 Å². The second-order valence-electron chi connectivity index (χ2n) is 6.11. The average Bonchev–Trinajstić information content (AvgIpc) is 2.91. The van der Waals surface area contributed by atoms with E-state index in [-0.39, 0.29) is 0 Å². The van der Waals surface area contributed by atoms with Crippen LogP contribution >= 0.6 is 15.9 Å². The Balaban J connectivity index is 1.72. The van der Waals surface area contributed by atoms with E-state index in [0.717, 1.165) is 40.6 Å². The second-order valence-corrected chi connectivity index (χ2v) is 6.97. The molecule has 0 amide bonds. The van der Waals surface area contributed by atoms with Gasteiger partial charge in [0.05, 0.1) is 5.52 Å². The molecule has 2 heterocycles. The van der Waals surface area contributed by atoms with Gasteiger partial charge in [-0.05, 0) is 29.7 Å². The lowest BCUT2D eigenvalue weighted by atomic mass is 10.0. The molecule has 0 fully saturated rings. The van der Waals surface area contributed by atoms with Crippen LogP contribution < -0.4 is 0 Å². The van der Waals surface area contributed by atoms with E-state index in [4.69, 9.17) is 0 Å². The molecule has 1 aromatic heterocycles. The van der Waals surface area contributed by atoms with Crippen molar-refractivity contribution in [2.24, 2.45) is 0 Å². The topological polar surface area (TPSA) is 45.5 Å². The summed E-state index contributed by atoms with van der Waals surface area (Å²) in [5.74, 6) is 0. The van der Waals surface area contributed by atoms with Crippen molar-refractivity contribution in [2.45, 2.75) is 19.5 Å². The number of hydrogen-bond acceptors (Lipinski definition) is 2. The van der Waals surface area contributed by atoms with Crippen LogP contribution in [0.25, 0.3) is 10.9 Å². The lowest BCUT2D eigenvalue weighted by molar-refractivity contribution is 0.192. The fourth-order valence-corrected chi connectivity index (χ4v) is 4.00. The number of carboxylic acid groups (broad SMARTS) is 1. The number of nitrogens with zero attached hydrogens (tertiary/aromatic N) is 2. The summed E-state index contributed by atoms with van der Waals surface area (Å²) in [6.45, 7) is 2.39. The van der Waals surface area contributed by atoms with Crippen molar-refractivity contribution in [3.8, 4) is 0 Å². The van der Waals surface area contributed by atoms with Gasteiger partial charge in [0.25, 0.3) is 0 Å². The molecular formula is C19H17BrN2O2. The Morgan fingerprint density at radius 2 is 1.88 bits per heavy atom. The van der Waals surface area contributed by atoms with Gasteiger partial charge in [0.1, 0.15) is 0 Å². The first-order valence-electron chi connectivity index (χ1n) is 7.95. The van der Waals surface area contributed by atoms with E-state index in [2.05, 4.69) is 26.9 Å². The van der Waals surface area contributed by atoms with E-state index >= 15 is 0 Å². The number of fused-ring (bicyclic) bond motifs is 3. The minimum atomic E-state index is -0.907. The van der Waals surface area contributed by atoms with E-state index in [9.17, 15) is 9.90 Å². The molecule has 122 valence electrons. The van der Waals surface area contributed by atoms with Crippen LogP contribution in [0.15, 0.2) is 53.0 Å². The third-order valence-corrected chi connectivity index (χ3v) is 5.46. The average molecular weight is 385 g/mol. The maximum Gasteiger partial charge on any atom is 0.416 e. The molecule has 4 rings (SSSR count). The second kappa shape index (κ2) is 6.07. The molecule has 24 heavy (non-hydrogen) atoms. The van der Waals surface area contributed by atoms with E-state index in [1.54, 1.807) is 0 Å². The van der Waals surface area contributed by atoms with Gasteiger partial charge in [0.2, 0.25) is 0 Å². The van der Waals surface area contributed by atoms with Crippen LogP contribution in [-0.2, 0) is 19.5 Å². The Kier molecular flexibility index (Phi) is 3.90. The molecule has 1 aliphatic heterocycles. The first-order valence-corrected chi connectivity index (χ1v) is 8.74. The zero-order chi connectivity index (χ0) is 16.7. The number of hydrogen-bond donors (Lipinski definition) is 1. The molecule has 0 atom stereocenters. The minimum Gasteiger partial charge on any atom is -0.464 e. The van der Waals surface area contributed by atoms with Crippen molar-refractivity contribution in [3.63, 3.8) is 0 Å². The van der Waals surface area contributed by atoms with E-state index in [0.29, 0.717) is 6.54 Å². The summed E-state index contributed by atoms with van der Waals surface area (Å²) >= 11 is 3.59. The highest BCUT2D eigenvalue weighted by Gasteiger charge is 2.26. The molecule has 2 aromatic carbocycles. The van der Waals surface area contributed by atoms with Crippen molar-refractivity contribution in [3.05, 3.63) is 69.8 Å². The Morgan fingerprint density at radius 3 is 2.67 bits per heavy atom. The van der Waals surface area contributed by atoms with Gasteiger partial charge in [-0.1, -0.05) is 52.3 Å². The molecule has 3 aromatic rings. The molecule has 0 saturated heterocycles. The van der Waals surface area contributed by atoms with Crippen LogP contribution in [0.3, 0.4) is 0 Å². The Morgan fingerprint density at radius 1 is 1.12 bits per heavy atom. The predicted octanol–water partition coefficient (Wildman–Crippen LogP) is 4.49. The van der Waals surface area contributed by atoms with Gasteiger partial charge in [-0.15, -0.1) is 0 Å². The maximum atomic E-state index is 11.8. The van der Waals surface area contributed by atoms with Gasteiger partial charge < -0.3 is 5.11 Å². The van der Waals surface area contributed by atoms with Gasteiger partial charge in [0, 0.05) is 35.2 Å². The highest BCUT2D eigenvalue weighted by molar-refractivity contribution is 9.10. The zero-order valence-corrected chi connectivity index (χ0v) is 14.7. The summed E-state index contributed by atoms with van der Waals surface area (Å²) in [5, 5.41) is 10.8. The van der Waals surface area contributed by atoms with Gasteiger partial charge in [-0.2, -0.15) is 0 Å². The van der Waals surface area contributed by atoms with E-state index in [1.807, 2.05) is 42.5 Å². The summed E-state index contributed by atoms with van der Waals surface area (Å²) in [5.41, 5.74) is 4.09. The third-order valence-electron chi connectivity index (χ3n) is 4.68. The highest BCUT2D eigenvalue weighted by Crippen LogP contribution is 2.31. The van der Waals surface area contributed by atoms with Crippen LogP contribution in [0, 0.1) is 0 Å². The quantitative estimate of drug-likeness (QED) is 0.707. The smallest absolute Gasteiger partial charge is 0.416 e. The number of rotatable bonds is 2. The van der Waals surface area contributed by atoms with Crippen molar-refractivity contribution in [2.75, 3.05) is 6.54 Å². The van der Waals surface area contributed by atoms with Crippen molar-refractivity contribution >= 4 is 32.9 Å². The number of carbonyl (C=O) groups is 1. The molecule has 0 spiro atoms. The number of aromatic nitrogens is 1. The van der Waals surface area contributed by atoms with E-state index in [1.165, 1.54) is 15.7 Å². The molecule has 4 nitrogen and oxygen atoms in total. The molecule has 5 heteroatoms. The van der Waals surface area contributed by atoms with Crippen LogP contribution in [-0.4, -0.2) is 27.2 Å². The zero-order valence-electron chi connectivity index (χ0n) is 13.1. The first-order chi connectivity index (χ1) is 11.6. The molecular weight excluding hydrogens is 368 g/mol. The molecule has 0 radical (unpaired) electrons. The minimum absolute atomic E-state index is 0.650. The molecule has 1 N–H and O–H groups in total. The third kappa shape index (κ3) is 2.54.